The van der Waals surface area contributed by atoms with E-state index in [1.807, 2.05) is 31.2 Å². The summed E-state index contributed by atoms with van der Waals surface area (Å²) in [5, 5.41) is 6.14. The summed E-state index contributed by atoms with van der Waals surface area (Å²) in [6, 6.07) is 14.2. The van der Waals surface area contributed by atoms with E-state index in [1.165, 1.54) is 0 Å². The van der Waals surface area contributed by atoms with Crippen molar-refractivity contribution in [1.29, 1.82) is 0 Å². The Labute approximate surface area is 125 Å². The van der Waals surface area contributed by atoms with Gasteiger partial charge in [-0.3, -0.25) is 4.21 Å². The van der Waals surface area contributed by atoms with Crippen LogP contribution >= 0.6 is 0 Å². The number of hydrogen-bond donors (Lipinski definition) is 0. The van der Waals surface area contributed by atoms with Gasteiger partial charge in [-0.15, -0.1) is 0 Å². The van der Waals surface area contributed by atoms with Crippen LogP contribution in [-0.4, -0.2) is 14.3 Å². The second kappa shape index (κ2) is 6.18. The van der Waals surface area contributed by atoms with Crippen LogP contribution in [0.1, 0.15) is 24.2 Å². The van der Waals surface area contributed by atoms with Gasteiger partial charge in [0, 0.05) is 23.0 Å². The first-order valence-corrected chi connectivity index (χ1v) is 8.38. The lowest BCUT2D eigenvalue weighted by molar-refractivity contribution is 0.384. The highest BCUT2D eigenvalue weighted by Gasteiger charge is 2.11. The molecule has 4 nitrogen and oxygen atoms in total. The summed E-state index contributed by atoms with van der Waals surface area (Å²) >= 11 is 0. The minimum Gasteiger partial charge on any atom is -0.338 e. The molecule has 0 saturated carbocycles. The third-order valence-corrected chi connectivity index (χ3v) is 4.51. The van der Waals surface area contributed by atoms with Crippen LogP contribution in [0.2, 0.25) is 0 Å². The molecular formula is C16H16N2O2S. The minimum atomic E-state index is -1.06. The fourth-order valence-corrected chi connectivity index (χ4v) is 3.37. The van der Waals surface area contributed by atoms with Crippen molar-refractivity contribution in [1.82, 2.24) is 10.1 Å². The molecule has 0 aliphatic rings. The molecule has 0 amide bonds. The quantitative estimate of drug-likeness (QED) is 0.726. The maximum atomic E-state index is 12.3. The van der Waals surface area contributed by atoms with E-state index < -0.39 is 10.8 Å². The largest absolute Gasteiger partial charge is 0.338 e. The second-order valence-corrected chi connectivity index (χ2v) is 6.28. The van der Waals surface area contributed by atoms with Crippen molar-refractivity contribution in [3.05, 3.63) is 59.7 Å². The summed E-state index contributed by atoms with van der Waals surface area (Å²) in [6.07, 6.45) is 0.722. The lowest BCUT2D eigenvalue weighted by Crippen LogP contribution is -2.00. The Kier molecular flexibility index (Phi) is 4.10. The zero-order valence-corrected chi connectivity index (χ0v) is 12.6. The van der Waals surface area contributed by atoms with E-state index in [4.69, 9.17) is 4.52 Å². The van der Waals surface area contributed by atoms with Crippen LogP contribution in [0.3, 0.4) is 0 Å². The maximum Gasteiger partial charge on any atom is 0.239 e. The summed E-state index contributed by atoms with van der Waals surface area (Å²) in [6.45, 7) is 1.96. The summed E-state index contributed by atoms with van der Waals surface area (Å²) in [7, 11) is -1.06. The summed E-state index contributed by atoms with van der Waals surface area (Å²) in [5.74, 6) is 1.90. The smallest absolute Gasteiger partial charge is 0.239 e. The second-order valence-electron chi connectivity index (χ2n) is 4.82. The van der Waals surface area contributed by atoms with Gasteiger partial charge in [0.1, 0.15) is 5.75 Å². The lowest BCUT2D eigenvalue weighted by Gasteiger charge is -2.05. The van der Waals surface area contributed by atoms with Gasteiger partial charge in [-0.25, -0.2) is 0 Å². The third-order valence-electron chi connectivity index (χ3n) is 3.31. The van der Waals surface area contributed by atoms with Gasteiger partial charge < -0.3 is 4.52 Å². The molecule has 0 fully saturated rings. The van der Waals surface area contributed by atoms with Gasteiger partial charge in [0.2, 0.25) is 5.89 Å². The molecule has 0 radical (unpaired) electrons. The van der Waals surface area contributed by atoms with E-state index in [2.05, 4.69) is 28.3 Å². The van der Waals surface area contributed by atoms with Gasteiger partial charge in [-0.1, -0.05) is 54.5 Å². The van der Waals surface area contributed by atoms with Crippen LogP contribution < -0.4 is 0 Å². The molecule has 0 spiro atoms. The zero-order chi connectivity index (χ0) is 14.7. The fraction of sp³-hybridized carbons (Fsp3) is 0.250. The molecule has 5 heteroatoms. The molecule has 2 aromatic carbocycles. The van der Waals surface area contributed by atoms with E-state index in [0.717, 1.165) is 22.8 Å². The first-order valence-electron chi connectivity index (χ1n) is 6.89. The Bertz CT molecular complexity index is 777. The molecule has 3 aromatic rings. The van der Waals surface area contributed by atoms with Crippen molar-refractivity contribution in [3.63, 3.8) is 0 Å². The number of hydrogen-bond acceptors (Lipinski definition) is 4. The van der Waals surface area contributed by atoms with Crippen LogP contribution in [0.25, 0.3) is 10.8 Å². The standard InChI is InChI=1S/C16H16N2O2S/c1-2-15-17-16(20-18-15)11-21(19)10-13-8-5-7-12-6-3-4-9-14(12)13/h3-9H,2,10-11H2,1H3. The van der Waals surface area contributed by atoms with Gasteiger partial charge in [0.25, 0.3) is 0 Å². The molecule has 0 aliphatic carbocycles. The van der Waals surface area contributed by atoms with Crippen molar-refractivity contribution in [3.8, 4) is 0 Å². The molecule has 108 valence electrons. The lowest BCUT2D eigenvalue weighted by atomic mass is 10.1. The number of nitrogens with zero attached hydrogens (tertiary/aromatic N) is 2. The highest BCUT2D eigenvalue weighted by Crippen LogP contribution is 2.20. The van der Waals surface area contributed by atoms with E-state index in [1.54, 1.807) is 0 Å². The molecule has 1 aromatic heterocycles. The molecule has 0 saturated heterocycles. The molecule has 0 N–H and O–H groups in total. The van der Waals surface area contributed by atoms with Gasteiger partial charge in [0.05, 0.1) is 0 Å². The summed E-state index contributed by atoms with van der Waals surface area (Å²) in [4.78, 5) is 4.20. The predicted octanol–water partition coefficient (Wildman–Crippen LogP) is 3.23. The number of aromatic nitrogens is 2. The maximum absolute atomic E-state index is 12.3. The molecule has 1 heterocycles. The first kappa shape index (κ1) is 13.9. The summed E-state index contributed by atoms with van der Waals surface area (Å²) in [5.41, 5.74) is 1.08. The Morgan fingerprint density at radius 3 is 2.71 bits per heavy atom. The van der Waals surface area contributed by atoms with Gasteiger partial charge in [-0.2, -0.15) is 4.98 Å². The van der Waals surface area contributed by atoms with Crippen LogP contribution in [0.4, 0.5) is 0 Å². The Balaban J connectivity index is 1.77. The number of fused-ring (bicyclic) bond motifs is 1. The number of aryl methyl sites for hydroxylation is 1. The van der Waals surface area contributed by atoms with Crippen molar-refractivity contribution >= 4 is 21.6 Å². The van der Waals surface area contributed by atoms with E-state index in [9.17, 15) is 4.21 Å². The molecule has 0 bridgehead atoms. The summed E-state index contributed by atoms with van der Waals surface area (Å²) < 4.78 is 17.4. The van der Waals surface area contributed by atoms with Crippen LogP contribution in [0.15, 0.2) is 47.0 Å². The number of rotatable bonds is 5. The molecular weight excluding hydrogens is 284 g/mol. The van der Waals surface area contributed by atoms with E-state index in [-0.39, 0.29) is 0 Å². The topological polar surface area (TPSA) is 56.0 Å². The van der Waals surface area contributed by atoms with Gasteiger partial charge in [0.15, 0.2) is 5.82 Å². The Morgan fingerprint density at radius 1 is 1.10 bits per heavy atom. The van der Waals surface area contributed by atoms with Gasteiger partial charge >= 0.3 is 0 Å². The predicted molar refractivity (Wildman–Crippen MR) is 83.2 cm³/mol. The fourth-order valence-electron chi connectivity index (χ4n) is 2.27. The highest BCUT2D eigenvalue weighted by molar-refractivity contribution is 7.83. The van der Waals surface area contributed by atoms with Gasteiger partial charge in [-0.05, 0) is 16.3 Å². The van der Waals surface area contributed by atoms with E-state index >= 15 is 0 Å². The average Bonchev–Trinajstić information content (AvgIpc) is 2.95. The molecule has 0 aliphatic heterocycles. The molecule has 21 heavy (non-hydrogen) atoms. The van der Waals surface area contributed by atoms with Crippen LogP contribution in [0.5, 0.6) is 0 Å². The Hall–Kier alpha value is -2.01. The van der Waals surface area contributed by atoms with E-state index in [0.29, 0.717) is 23.2 Å². The molecule has 3 rings (SSSR count). The highest BCUT2D eigenvalue weighted by atomic mass is 32.2. The monoisotopic (exact) mass is 300 g/mol. The number of benzene rings is 2. The normalized spacial score (nSPS) is 12.6. The average molecular weight is 300 g/mol. The van der Waals surface area contributed by atoms with Crippen molar-refractivity contribution in [2.24, 2.45) is 0 Å². The third kappa shape index (κ3) is 3.19. The SMILES string of the molecule is CCc1noc(CS(=O)Cc2cccc3ccccc23)n1. The van der Waals surface area contributed by atoms with Crippen LogP contribution in [-0.2, 0) is 28.7 Å². The first-order chi connectivity index (χ1) is 10.3. The van der Waals surface area contributed by atoms with Crippen molar-refractivity contribution < 1.29 is 8.73 Å². The van der Waals surface area contributed by atoms with Crippen LogP contribution in [0, 0.1) is 0 Å². The van der Waals surface area contributed by atoms with Crippen molar-refractivity contribution in [2.45, 2.75) is 24.9 Å². The molecule has 1 atom stereocenters. The molecule has 1 unspecified atom stereocenters. The van der Waals surface area contributed by atoms with Crippen molar-refractivity contribution in [2.75, 3.05) is 0 Å². The minimum absolute atomic E-state index is 0.302. The zero-order valence-electron chi connectivity index (χ0n) is 11.8. The Morgan fingerprint density at radius 2 is 1.90 bits per heavy atom.